The van der Waals surface area contributed by atoms with Crippen molar-refractivity contribution >= 4 is 28.5 Å². The summed E-state index contributed by atoms with van der Waals surface area (Å²) in [6.07, 6.45) is 3.82. The molecule has 2 aromatic carbocycles. The SMILES string of the molecule is O=C(NCCc1nc2ccccc2n1CCOc1ccccc1Cl)c1ccncc1. The molecule has 2 aromatic heterocycles. The molecule has 0 bridgehead atoms. The fourth-order valence-electron chi connectivity index (χ4n) is 3.27. The van der Waals surface area contributed by atoms with Gasteiger partial charge in [0, 0.05) is 30.9 Å². The summed E-state index contributed by atoms with van der Waals surface area (Å²) in [4.78, 5) is 20.9. The third kappa shape index (κ3) is 4.60. The summed E-state index contributed by atoms with van der Waals surface area (Å²) in [5.41, 5.74) is 2.55. The molecule has 0 unspecified atom stereocenters. The Morgan fingerprint density at radius 1 is 1.03 bits per heavy atom. The first-order valence-corrected chi connectivity index (χ1v) is 10.1. The molecule has 0 aliphatic rings. The van der Waals surface area contributed by atoms with Crippen LogP contribution in [0.5, 0.6) is 5.75 Å². The van der Waals surface area contributed by atoms with Crippen LogP contribution in [0, 0.1) is 0 Å². The molecular formula is C23H21ClN4O2. The molecule has 0 saturated carbocycles. The Kier molecular flexibility index (Phi) is 6.25. The number of hydrogen-bond acceptors (Lipinski definition) is 4. The highest BCUT2D eigenvalue weighted by Crippen LogP contribution is 2.23. The smallest absolute Gasteiger partial charge is 0.251 e. The number of rotatable bonds is 8. The van der Waals surface area contributed by atoms with Crippen molar-refractivity contribution in [2.24, 2.45) is 0 Å². The van der Waals surface area contributed by atoms with Crippen LogP contribution >= 0.6 is 11.6 Å². The van der Waals surface area contributed by atoms with E-state index in [1.807, 2.05) is 42.5 Å². The van der Waals surface area contributed by atoms with Gasteiger partial charge < -0.3 is 14.6 Å². The lowest BCUT2D eigenvalue weighted by Crippen LogP contribution is -2.26. The van der Waals surface area contributed by atoms with Crippen LogP contribution in [0.2, 0.25) is 5.02 Å². The molecule has 0 aliphatic carbocycles. The molecule has 0 radical (unpaired) electrons. The lowest BCUT2D eigenvalue weighted by molar-refractivity contribution is 0.0953. The molecule has 2 heterocycles. The first kappa shape index (κ1) is 19.9. The minimum atomic E-state index is -0.123. The Balaban J connectivity index is 1.43. The Hall–Kier alpha value is -3.38. The number of imidazole rings is 1. The van der Waals surface area contributed by atoms with Crippen LogP contribution in [0.3, 0.4) is 0 Å². The molecule has 0 spiro atoms. The highest BCUT2D eigenvalue weighted by Gasteiger charge is 2.12. The number of carbonyl (C=O) groups excluding carboxylic acids is 1. The number of ether oxygens (including phenoxy) is 1. The number of hydrogen-bond donors (Lipinski definition) is 1. The first-order valence-electron chi connectivity index (χ1n) is 9.72. The average molecular weight is 421 g/mol. The normalized spacial score (nSPS) is 10.8. The van der Waals surface area contributed by atoms with Gasteiger partial charge in [0.2, 0.25) is 0 Å². The molecular weight excluding hydrogens is 400 g/mol. The standard InChI is InChI=1S/C23H21ClN4O2/c24-18-5-1-4-8-21(18)30-16-15-28-20-7-3-2-6-19(20)27-22(28)11-14-26-23(29)17-9-12-25-13-10-17/h1-10,12-13H,11,14-16H2,(H,26,29). The quantitative estimate of drug-likeness (QED) is 0.465. The molecule has 7 heteroatoms. The second kappa shape index (κ2) is 9.41. The predicted molar refractivity (Wildman–Crippen MR) is 117 cm³/mol. The van der Waals surface area contributed by atoms with Gasteiger partial charge in [0.25, 0.3) is 5.91 Å². The average Bonchev–Trinajstić information content (AvgIpc) is 3.13. The first-order chi connectivity index (χ1) is 14.7. The number of nitrogens with zero attached hydrogens (tertiary/aromatic N) is 3. The maximum absolute atomic E-state index is 12.3. The van der Waals surface area contributed by atoms with Gasteiger partial charge in [-0.2, -0.15) is 0 Å². The van der Waals surface area contributed by atoms with Gasteiger partial charge in [0.15, 0.2) is 0 Å². The molecule has 0 atom stereocenters. The molecule has 30 heavy (non-hydrogen) atoms. The van der Waals surface area contributed by atoms with E-state index in [1.165, 1.54) is 0 Å². The third-order valence-corrected chi connectivity index (χ3v) is 5.03. The fourth-order valence-corrected chi connectivity index (χ4v) is 3.46. The third-order valence-electron chi connectivity index (χ3n) is 4.72. The van der Waals surface area contributed by atoms with Crippen LogP contribution < -0.4 is 10.1 Å². The molecule has 0 fully saturated rings. The maximum Gasteiger partial charge on any atom is 0.251 e. The number of nitrogens with one attached hydrogen (secondary N) is 1. The van der Waals surface area contributed by atoms with Crippen molar-refractivity contribution in [3.8, 4) is 5.75 Å². The summed E-state index contributed by atoms with van der Waals surface area (Å²) in [5.74, 6) is 1.44. The molecule has 4 rings (SSSR count). The molecule has 4 aromatic rings. The van der Waals surface area contributed by atoms with E-state index in [0.29, 0.717) is 42.5 Å². The van der Waals surface area contributed by atoms with Crippen LogP contribution in [0.15, 0.2) is 73.1 Å². The Morgan fingerprint density at radius 3 is 2.63 bits per heavy atom. The van der Waals surface area contributed by atoms with E-state index < -0.39 is 0 Å². The van der Waals surface area contributed by atoms with Gasteiger partial charge in [-0.3, -0.25) is 9.78 Å². The number of amides is 1. The van der Waals surface area contributed by atoms with Gasteiger partial charge in [-0.1, -0.05) is 35.9 Å². The van der Waals surface area contributed by atoms with Gasteiger partial charge in [0.1, 0.15) is 18.2 Å². The van der Waals surface area contributed by atoms with Crippen LogP contribution in [0.4, 0.5) is 0 Å². The summed E-state index contributed by atoms with van der Waals surface area (Å²) in [6, 6.07) is 18.8. The van der Waals surface area contributed by atoms with Crippen LogP contribution in [-0.2, 0) is 13.0 Å². The number of carbonyl (C=O) groups is 1. The summed E-state index contributed by atoms with van der Waals surface area (Å²) >= 11 is 6.17. The van der Waals surface area contributed by atoms with Crippen LogP contribution in [-0.4, -0.2) is 33.6 Å². The lowest BCUT2D eigenvalue weighted by Gasteiger charge is -2.12. The summed E-state index contributed by atoms with van der Waals surface area (Å²) < 4.78 is 7.99. The van der Waals surface area contributed by atoms with E-state index in [0.717, 1.165) is 16.9 Å². The van der Waals surface area contributed by atoms with E-state index in [9.17, 15) is 4.79 Å². The van der Waals surface area contributed by atoms with E-state index in [2.05, 4.69) is 14.9 Å². The number of aromatic nitrogens is 3. The van der Waals surface area contributed by atoms with Crippen molar-refractivity contribution in [3.63, 3.8) is 0 Å². The second-order valence-electron chi connectivity index (χ2n) is 6.69. The number of benzene rings is 2. The fraction of sp³-hybridized carbons (Fsp3) is 0.174. The van der Waals surface area contributed by atoms with Crippen molar-refractivity contribution in [1.82, 2.24) is 19.9 Å². The van der Waals surface area contributed by atoms with Crippen LogP contribution in [0.25, 0.3) is 11.0 Å². The minimum absolute atomic E-state index is 0.123. The predicted octanol–water partition coefficient (Wildman–Crippen LogP) is 4.14. The Bertz CT molecular complexity index is 1140. The molecule has 1 N–H and O–H groups in total. The van der Waals surface area contributed by atoms with Crippen molar-refractivity contribution in [2.75, 3.05) is 13.2 Å². The van der Waals surface area contributed by atoms with Gasteiger partial charge in [-0.05, 0) is 36.4 Å². The number of fused-ring (bicyclic) bond motifs is 1. The van der Waals surface area contributed by atoms with Crippen molar-refractivity contribution < 1.29 is 9.53 Å². The van der Waals surface area contributed by atoms with E-state index in [4.69, 9.17) is 21.3 Å². The monoisotopic (exact) mass is 420 g/mol. The number of halogens is 1. The number of para-hydroxylation sites is 3. The van der Waals surface area contributed by atoms with Crippen LogP contribution in [0.1, 0.15) is 16.2 Å². The summed E-state index contributed by atoms with van der Waals surface area (Å²) in [7, 11) is 0. The zero-order valence-corrected chi connectivity index (χ0v) is 17.0. The minimum Gasteiger partial charge on any atom is -0.490 e. The topological polar surface area (TPSA) is 69.0 Å². The molecule has 6 nitrogen and oxygen atoms in total. The molecule has 0 aliphatic heterocycles. The van der Waals surface area contributed by atoms with Crippen molar-refractivity contribution in [2.45, 2.75) is 13.0 Å². The van der Waals surface area contributed by atoms with E-state index >= 15 is 0 Å². The second-order valence-corrected chi connectivity index (χ2v) is 7.10. The molecule has 1 amide bonds. The maximum atomic E-state index is 12.3. The van der Waals surface area contributed by atoms with Gasteiger partial charge in [0.05, 0.1) is 22.6 Å². The highest BCUT2D eigenvalue weighted by atomic mass is 35.5. The van der Waals surface area contributed by atoms with Gasteiger partial charge in [-0.25, -0.2) is 4.98 Å². The molecule has 152 valence electrons. The zero-order chi connectivity index (χ0) is 20.8. The van der Waals surface area contributed by atoms with E-state index in [1.54, 1.807) is 30.6 Å². The highest BCUT2D eigenvalue weighted by molar-refractivity contribution is 6.32. The summed E-state index contributed by atoms with van der Waals surface area (Å²) in [6.45, 7) is 1.57. The largest absolute Gasteiger partial charge is 0.490 e. The van der Waals surface area contributed by atoms with E-state index in [-0.39, 0.29) is 5.91 Å². The Morgan fingerprint density at radius 2 is 1.80 bits per heavy atom. The van der Waals surface area contributed by atoms with Crippen molar-refractivity contribution in [1.29, 1.82) is 0 Å². The van der Waals surface area contributed by atoms with Gasteiger partial charge in [-0.15, -0.1) is 0 Å². The zero-order valence-electron chi connectivity index (χ0n) is 16.3. The number of pyridine rings is 1. The molecule has 0 saturated heterocycles. The summed E-state index contributed by atoms with van der Waals surface area (Å²) in [5, 5.41) is 3.53. The van der Waals surface area contributed by atoms with Crippen molar-refractivity contribution in [3.05, 3.63) is 89.5 Å². The Labute approximate surface area is 179 Å². The van der Waals surface area contributed by atoms with Gasteiger partial charge >= 0.3 is 0 Å². The lowest BCUT2D eigenvalue weighted by atomic mass is 10.2.